The summed E-state index contributed by atoms with van der Waals surface area (Å²) in [6, 6.07) is 6.21. The van der Waals surface area contributed by atoms with Crippen molar-refractivity contribution in [3.63, 3.8) is 0 Å². The number of aromatic nitrogens is 3. The van der Waals surface area contributed by atoms with E-state index in [9.17, 15) is 23.1 Å². The van der Waals surface area contributed by atoms with E-state index < -0.39 is 17.7 Å². The molecule has 0 saturated carbocycles. The maximum atomic E-state index is 12.6. The van der Waals surface area contributed by atoms with Gasteiger partial charge in [-0.15, -0.1) is 5.10 Å². The molecule has 0 bridgehead atoms. The topological polar surface area (TPSA) is 68.0 Å². The van der Waals surface area contributed by atoms with Crippen LogP contribution in [0.1, 0.15) is 21.6 Å². The highest BCUT2D eigenvalue weighted by Gasteiger charge is 2.30. The number of alkyl halides is 3. The lowest BCUT2D eigenvalue weighted by atomic mass is 10.1. The third-order valence-corrected chi connectivity index (χ3v) is 4.03. The van der Waals surface area contributed by atoms with E-state index in [1.807, 2.05) is 0 Å². The number of hydrogen-bond acceptors (Lipinski definition) is 4. The zero-order chi connectivity index (χ0) is 17.3. The summed E-state index contributed by atoms with van der Waals surface area (Å²) >= 11 is 1.40. The number of benzene rings is 1. The fraction of sp³-hybridized carbons (Fsp3) is 0.133. The van der Waals surface area contributed by atoms with Gasteiger partial charge in [0.2, 0.25) is 0 Å². The second-order valence-corrected chi connectivity index (χ2v) is 5.74. The van der Waals surface area contributed by atoms with Crippen LogP contribution in [0, 0.1) is 0 Å². The monoisotopic (exact) mass is 353 g/mol. The predicted octanol–water partition coefficient (Wildman–Crippen LogP) is 3.77. The molecular formula is C15H10F3N3O2S. The van der Waals surface area contributed by atoms with Crippen molar-refractivity contribution in [1.29, 1.82) is 0 Å². The predicted molar refractivity (Wildman–Crippen MR) is 80.8 cm³/mol. The first-order chi connectivity index (χ1) is 11.4. The molecule has 0 aliphatic rings. The van der Waals surface area contributed by atoms with Crippen LogP contribution in [0.2, 0.25) is 0 Å². The summed E-state index contributed by atoms with van der Waals surface area (Å²) in [5, 5.41) is 20.7. The van der Waals surface area contributed by atoms with Crippen molar-refractivity contribution >= 4 is 17.3 Å². The highest BCUT2D eigenvalue weighted by Crippen LogP contribution is 2.29. The van der Waals surface area contributed by atoms with Crippen LogP contribution in [-0.4, -0.2) is 26.1 Å². The smallest absolute Gasteiger partial charge is 0.416 e. The van der Waals surface area contributed by atoms with E-state index in [0.29, 0.717) is 11.1 Å². The summed E-state index contributed by atoms with van der Waals surface area (Å²) in [4.78, 5) is 11.5. The Kier molecular flexibility index (Phi) is 4.10. The zero-order valence-electron chi connectivity index (χ0n) is 12.0. The van der Waals surface area contributed by atoms with Crippen molar-refractivity contribution in [2.45, 2.75) is 12.7 Å². The fourth-order valence-electron chi connectivity index (χ4n) is 2.20. The molecule has 2 heterocycles. The zero-order valence-corrected chi connectivity index (χ0v) is 12.8. The third kappa shape index (κ3) is 3.16. The molecule has 1 N–H and O–H groups in total. The summed E-state index contributed by atoms with van der Waals surface area (Å²) in [5.74, 6) is -1.20. The second-order valence-electron chi connectivity index (χ2n) is 4.96. The average Bonchev–Trinajstić information content (AvgIpc) is 3.15. The van der Waals surface area contributed by atoms with Gasteiger partial charge in [0.15, 0.2) is 5.69 Å². The van der Waals surface area contributed by atoms with Gasteiger partial charge in [-0.25, -0.2) is 9.48 Å². The summed E-state index contributed by atoms with van der Waals surface area (Å²) in [7, 11) is 0. The molecule has 24 heavy (non-hydrogen) atoms. The average molecular weight is 353 g/mol. The number of carboxylic acids is 1. The molecule has 2 aromatic heterocycles. The van der Waals surface area contributed by atoms with Gasteiger partial charge >= 0.3 is 12.1 Å². The standard InChI is InChI=1S/C15H10F3N3O2S/c16-15(17,18)11-3-1-9(2-4-11)7-21-13(14(22)23)12(19-20-21)10-5-6-24-8-10/h1-6,8H,7H2,(H,22,23). The molecule has 3 rings (SSSR count). The summed E-state index contributed by atoms with van der Waals surface area (Å²) < 4.78 is 38.9. The summed E-state index contributed by atoms with van der Waals surface area (Å²) in [5.41, 5.74) is 0.495. The van der Waals surface area contributed by atoms with E-state index in [1.165, 1.54) is 23.5 Å². The Balaban J connectivity index is 1.92. The van der Waals surface area contributed by atoms with Crippen molar-refractivity contribution in [2.24, 2.45) is 0 Å². The van der Waals surface area contributed by atoms with E-state index in [0.717, 1.165) is 16.8 Å². The second kappa shape index (κ2) is 6.08. The lowest BCUT2D eigenvalue weighted by molar-refractivity contribution is -0.137. The molecule has 9 heteroatoms. The minimum Gasteiger partial charge on any atom is -0.476 e. The molecule has 0 spiro atoms. The van der Waals surface area contributed by atoms with Crippen molar-refractivity contribution in [3.05, 3.63) is 57.9 Å². The molecule has 3 aromatic rings. The molecule has 0 atom stereocenters. The minimum atomic E-state index is -4.41. The van der Waals surface area contributed by atoms with E-state index in [2.05, 4.69) is 10.3 Å². The molecule has 0 amide bonds. The van der Waals surface area contributed by atoms with Gasteiger partial charge in [0.05, 0.1) is 12.1 Å². The Hall–Kier alpha value is -2.68. The molecule has 5 nitrogen and oxygen atoms in total. The number of halogens is 3. The molecule has 1 aromatic carbocycles. The molecule has 124 valence electrons. The van der Waals surface area contributed by atoms with E-state index in [4.69, 9.17) is 0 Å². The summed E-state index contributed by atoms with van der Waals surface area (Å²) in [6.45, 7) is 0.0108. The van der Waals surface area contributed by atoms with E-state index in [1.54, 1.807) is 16.8 Å². The van der Waals surface area contributed by atoms with Gasteiger partial charge < -0.3 is 5.11 Å². The van der Waals surface area contributed by atoms with Crippen LogP contribution < -0.4 is 0 Å². The Morgan fingerprint density at radius 1 is 1.21 bits per heavy atom. The first-order valence-corrected chi connectivity index (χ1v) is 7.66. The molecular weight excluding hydrogens is 343 g/mol. The Morgan fingerprint density at radius 3 is 2.46 bits per heavy atom. The summed E-state index contributed by atoms with van der Waals surface area (Å²) in [6.07, 6.45) is -4.41. The van der Waals surface area contributed by atoms with Crippen LogP contribution in [0.3, 0.4) is 0 Å². The number of nitrogens with zero attached hydrogens (tertiary/aromatic N) is 3. The Bertz CT molecular complexity index is 855. The van der Waals surface area contributed by atoms with Gasteiger partial charge in [-0.2, -0.15) is 24.5 Å². The van der Waals surface area contributed by atoms with Gasteiger partial charge in [0.1, 0.15) is 5.69 Å². The number of hydrogen-bond donors (Lipinski definition) is 1. The third-order valence-electron chi connectivity index (χ3n) is 3.35. The lowest BCUT2D eigenvalue weighted by Crippen LogP contribution is -2.12. The first-order valence-electron chi connectivity index (χ1n) is 6.72. The SMILES string of the molecule is O=C(O)c1c(-c2ccsc2)nnn1Cc1ccc(C(F)(F)F)cc1. The molecule has 0 saturated heterocycles. The van der Waals surface area contributed by atoms with Crippen molar-refractivity contribution in [1.82, 2.24) is 15.0 Å². The quantitative estimate of drug-likeness (QED) is 0.775. The largest absolute Gasteiger partial charge is 0.476 e. The van der Waals surface area contributed by atoms with Crippen LogP contribution in [0.5, 0.6) is 0 Å². The Morgan fingerprint density at radius 2 is 1.92 bits per heavy atom. The molecule has 0 unspecified atom stereocenters. The van der Waals surface area contributed by atoms with Gasteiger partial charge in [-0.05, 0) is 29.1 Å². The maximum absolute atomic E-state index is 12.6. The number of carbonyl (C=O) groups is 1. The Labute approximate surface area is 138 Å². The molecule has 0 fully saturated rings. The highest BCUT2D eigenvalue weighted by molar-refractivity contribution is 7.08. The van der Waals surface area contributed by atoms with Crippen LogP contribution in [0.25, 0.3) is 11.3 Å². The van der Waals surface area contributed by atoms with Gasteiger partial charge in [0.25, 0.3) is 0 Å². The van der Waals surface area contributed by atoms with Gasteiger partial charge in [-0.1, -0.05) is 17.3 Å². The van der Waals surface area contributed by atoms with Crippen LogP contribution in [-0.2, 0) is 12.7 Å². The molecule has 0 aliphatic heterocycles. The van der Waals surface area contributed by atoms with Crippen LogP contribution in [0.15, 0.2) is 41.1 Å². The number of rotatable bonds is 4. The number of aromatic carboxylic acids is 1. The molecule has 0 radical (unpaired) electrons. The van der Waals surface area contributed by atoms with E-state index >= 15 is 0 Å². The van der Waals surface area contributed by atoms with Gasteiger partial charge in [-0.3, -0.25) is 0 Å². The number of carboxylic acid groups (broad SMARTS) is 1. The van der Waals surface area contributed by atoms with Gasteiger partial charge in [0, 0.05) is 10.9 Å². The number of thiophene rings is 1. The van der Waals surface area contributed by atoms with Crippen molar-refractivity contribution in [2.75, 3.05) is 0 Å². The first kappa shape index (κ1) is 16.2. The lowest BCUT2D eigenvalue weighted by Gasteiger charge is -2.08. The van der Waals surface area contributed by atoms with Crippen LogP contribution >= 0.6 is 11.3 Å². The minimum absolute atomic E-state index is 0.0108. The van der Waals surface area contributed by atoms with E-state index in [-0.39, 0.29) is 17.9 Å². The van der Waals surface area contributed by atoms with Crippen molar-refractivity contribution in [3.8, 4) is 11.3 Å². The van der Waals surface area contributed by atoms with Crippen LogP contribution in [0.4, 0.5) is 13.2 Å². The van der Waals surface area contributed by atoms with Crippen molar-refractivity contribution < 1.29 is 23.1 Å². The molecule has 0 aliphatic carbocycles. The normalized spacial score (nSPS) is 11.6. The highest BCUT2D eigenvalue weighted by atomic mass is 32.1. The fourth-order valence-corrected chi connectivity index (χ4v) is 2.84. The maximum Gasteiger partial charge on any atom is 0.416 e.